The summed E-state index contributed by atoms with van der Waals surface area (Å²) < 4.78 is 43.4. The minimum absolute atomic E-state index is 0.0622. The van der Waals surface area contributed by atoms with E-state index in [1.54, 1.807) is 55.4 Å². The zero-order valence-corrected chi connectivity index (χ0v) is 34.4. The van der Waals surface area contributed by atoms with Crippen molar-refractivity contribution in [3.63, 3.8) is 0 Å². The molecule has 3 N–H and O–H groups in total. The number of ketones is 1. The minimum Gasteiger partial charge on any atom is -0.462 e. The third-order valence-electron chi connectivity index (χ3n) is 12.0. The van der Waals surface area contributed by atoms with Gasteiger partial charge < -0.3 is 53.4 Å². The number of methoxy groups -OCH3 is 1. The maximum Gasteiger partial charge on any atom is 0.311 e. The number of ether oxygens (including phenoxy) is 7. The molecular weight excluding hydrogens is 690 g/mol. The van der Waals surface area contributed by atoms with Crippen LogP contribution in [0.15, 0.2) is 0 Å². The Morgan fingerprint density at radius 2 is 1.53 bits per heavy atom. The Bertz CT molecular complexity index is 1230. The molecule has 0 bridgehead atoms. The Balaban J connectivity index is 2.16. The van der Waals surface area contributed by atoms with E-state index in [4.69, 9.17) is 33.2 Å². The van der Waals surface area contributed by atoms with Crippen LogP contribution in [0.3, 0.4) is 0 Å². The van der Waals surface area contributed by atoms with Crippen LogP contribution < -0.4 is 0 Å². The van der Waals surface area contributed by atoms with Gasteiger partial charge in [0.25, 0.3) is 0 Å². The van der Waals surface area contributed by atoms with Crippen LogP contribution in [0.5, 0.6) is 0 Å². The van der Waals surface area contributed by atoms with Crippen molar-refractivity contribution in [1.29, 1.82) is 0 Å². The van der Waals surface area contributed by atoms with E-state index in [0.717, 1.165) is 0 Å². The number of likely N-dealkylation sites (N-methyl/N-ethyl adjacent to an activating group) is 1. The quantitative estimate of drug-likeness (QED) is 0.307. The summed E-state index contributed by atoms with van der Waals surface area (Å²) in [6.07, 6.45) is -7.96. The van der Waals surface area contributed by atoms with Crippen molar-refractivity contribution >= 4 is 17.7 Å². The fraction of sp³-hybridized carbons (Fsp3) is 0.923. The van der Waals surface area contributed by atoms with E-state index in [2.05, 4.69) is 0 Å². The lowest BCUT2D eigenvalue weighted by Crippen LogP contribution is -2.61. The number of aliphatic hydroxyl groups excluding tert-OH is 2. The molecule has 3 fully saturated rings. The summed E-state index contributed by atoms with van der Waals surface area (Å²) in [6.45, 7) is 18.7. The molecular formula is C39H69NO13. The Morgan fingerprint density at radius 1 is 0.906 bits per heavy atom. The van der Waals surface area contributed by atoms with Crippen molar-refractivity contribution in [1.82, 2.24) is 4.90 Å². The van der Waals surface area contributed by atoms with E-state index in [1.807, 2.05) is 32.8 Å². The van der Waals surface area contributed by atoms with Crippen LogP contribution >= 0.6 is 0 Å². The predicted octanol–water partition coefficient (Wildman–Crippen LogP) is 3.24. The molecule has 53 heavy (non-hydrogen) atoms. The number of esters is 2. The van der Waals surface area contributed by atoms with Gasteiger partial charge in [0.15, 0.2) is 18.7 Å². The summed E-state index contributed by atoms with van der Waals surface area (Å²) in [5.41, 5.74) is -2.77. The van der Waals surface area contributed by atoms with Gasteiger partial charge in [-0.2, -0.15) is 0 Å². The zero-order valence-electron chi connectivity index (χ0n) is 34.4. The van der Waals surface area contributed by atoms with Gasteiger partial charge in [0, 0.05) is 50.2 Å². The normalized spacial score (nSPS) is 46.8. The molecule has 0 aliphatic carbocycles. The molecule has 0 spiro atoms. The highest BCUT2D eigenvalue weighted by molar-refractivity contribution is 5.83. The molecule has 3 heterocycles. The maximum absolute atomic E-state index is 14.1. The van der Waals surface area contributed by atoms with Crippen LogP contribution in [0, 0.1) is 29.6 Å². The fourth-order valence-corrected chi connectivity index (χ4v) is 8.74. The largest absolute Gasteiger partial charge is 0.462 e. The van der Waals surface area contributed by atoms with Crippen molar-refractivity contribution < 1.29 is 62.9 Å². The number of cyclic esters (lactones) is 1. The number of nitrogens with zero attached hydrogens (tertiary/aromatic N) is 1. The molecule has 3 aliphatic rings. The Morgan fingerprint density at radius 3 is 2.08 bits per heavy atom. The van der Waals surface area contributed by atoms with Crippen LogP contribution in [0.1, 0.15) is 102 Å². The summed E-state index contributed by atoms with van der Waals surface area (Å²) in [7, 11) is 5.23. The van der Waals surface area contributed by atoms with Crippen molar-refractivity contribution in [2.45, 2.75) is 181 Å². The van der Waals surface area contributed by atoms with Gasteiger partial charge in [0.2, 0.25) is 0 Å². The summed E-state index contributed by atoms with van der Waals surface area (Å²) in [5.74, 6) is -5.21. The van der Waals surface area contributed by atoms with E-state index in [-0.39, 0.29) is 30.8 Å². The van der Waals surface area contributed by atoms with Crippen molar-refractivity contribution in [3.05, 3.63) is 0 Å². The van der Waals surface area contributed by atoms with Crippen LogP contribution in [-0.4, -0.2) is 138 Å². The highest BCUT2D eigenvalue weighted by Crippen LogP contribution is 2.41. The number of carbonyl (C=O) groups is 3. The second kappa shape index (κ2) is 18.5. The summed E-state index contributed by atoms with van der Waals surface area (Å²) >= 11 is 0. The first-order valence-electron chi connectivity index (χ1n) is 19.3. The van der Waals surface area contributed by atoms with Gasteiger partial charge in [-0.1, -0.05) is 34.6 Å². The average Bonchev–Trinajstić information content (AvgIpc) is 3.08. The van der Waals surface area contributed by atoms with E-state index in [9.17, 15) is 29.7 Å². The van der Waals surface area contributed by atoms with Gasteiger partial charge in [-0.05, 0) is 68.0 Å². The molecule has 2 unspecified atom stereocenters. The first-order valence-corrected chi connectivity index (χ1v) is 19.3. The van der Waals surface area contributed by atoms with E-state index in [0.29, 0.717) is 12.8 Å². The Kier molecular flexibility index (Phi) is 15.9. The van der Waals surface area contributed by atoms with Gasteiger partial charge >= 0.3 is 11.9 Å². The summed E-state index contributed by atoms with van der Waals surface area (Å²) in [5, 5.41) is 35.3. The number of rotatable bonds is 8. The standard InChI is InChI=1S/C39H69NO13/c1-15-28-21(4)31(43)22(5)30(42)19(2)17-38(10,46)34(53-37-32(44)27(40(12)13)16-20(3)48-37)23(6)33(24(7)36(45)51-28)52-29-18-39(11,47-14)35(25(8)49-29)50-26(9)41/h19-25,27-29,31-35,37,43-44,46H,15-18H2,1-14H3/t19-,20-,21+,22+,23+,24-,25+,27+,28?,29+,31+,32-,33?,34-,35+,37+,38-,39-/m1/s1. The maximum atomic E-state index is 14.1. The van der Waals surface area contributed by atoms with Crippen LogP contribution in [0.2, 0.25) is 0 Å². The molecule has 3 saturated heterocycles. The highest BCUT2D eigenvalue weighted by Gasteiger charge is 2.53. The highest BCUT2D eigenvalue weighted by atomic mass is 16.7. The number of hydrogen-bond acceptors (Lipinski definition) is 14. The van der Waals surface area contributed by atoms with E-state index < -0.39 is 108 Å². The van der Waals surface area contributed by atoms with Crippen molar-refractivity contribution in [2.75, 3.05) is 21.2 Å². The van der Waals surface area contributed by atoms with Gasteiger partial charge in [-0.3, -0.25) is 14.4 Å². The first kappa shape index (κ1) is 45.6. The number of hydrogen-bond donors (Lipinski definition) is 3. The van der Waals surface area contributed by atoms with Gasteiger partial charge in [0.1, 0.15) is 23.6 Å². The van der Waals surface area contributed by atoms with E-state index in [1.165, 1.54) is 14.0 Å². The molecule has 3 rings (SSSR count). The lowest BCUT2D eigenvalue weighted by Gasteiger charge is -2.49. The van der Waals surface area contributed by atoms with Crippen LogP contribution in [-0.2, 0) is 47.5 Å². The number of Topliss-reactive ketones (excluding diaryl/α,β-unsaturated/α-hetero) is 1. The van der Waals surface area contributed by atoms with Gasteiger partial charge in [-0.25, -0.2) is 0 Å². The fourth-order valence-electron chi connectivity index (χ4n) is 8.74. The molecule has 18 atom stereocenters. The van der Waals surface area contributed by atoms with Gasteiger partial charge in [-0.15, -0.1) is 0 Å². The molecule has 0 saturated carbocycles. The molecule has 308 valence electrons. The minimum atomic E-state index is -1.74. The molecule has 14 nitrogen and oxygen atoms in total. The molecule has 14 heteroatoms. The average molecular weight is 760 g/mol. The van der Waals surface area contributed by atoms with Crippen molar-refractivity contribution in [2.24, 2.45) is 29.6 Å². The number of aliphatic hydroxyl groups is 3. The monoisotopic (exact) mass is 759 g/mol. The summed E-state index contributed by atoms with van der Waals surface area (Å²) in [4.78, 5) is 41.9. The summed E-state index contributed by atoms with van der Waals surface area (Å²) in [6, 6.07) is -0.312. The number of carbonyl (C=O) groups excluding carboxylic acids is 3. The second-order valence-electron chi connectivity index (χ2n) is 16.8. The SMILES string of the molecule is CCC1OC(=O)[C@H](C)C(O[C@H]2C[C@@](C)(OC)[C@@H](OC(C)=O)[C@H](C)O2)[C@H](C)[C@@H](O[C@@H]2O[C@H](C)C[C@H](N(C)C)[C@H]2O)[C@](C)(O)C[C@@H](C)C(=O)[C@H](C)[C@@H](O)[C@H]1C. The lowest BCUT2D eigenvalue weighted by molar-refractivity contribution is -0.318. The predicted molar refractivity (Wildman–Crippen MR) is 194 cm³/mol. The smallest absolute Gasteiger partial charge is 0.311 e. The molecule has 0 radical (unpaired) electrons. The Labute approximate surface area is 316 Å². The van der Waals surface area contributed by atoms with Crippen molar-refractivity contribution in [3.8, 4) is 0 Å². The first-order chi connectivity index (χ1) is 24.5. The molecule has 3 aliphatic heterocycles. The molecule has 0 aromatic rings. The lowest BCUT2D eigenvalue weighted by atomic mass is 9.74. The third kappa shape index (κ3) is 10.6. The molecule has 0 aromatic carbocycles. The topological polar surface area (TPSA) is 180 Å². The second-order valence-corrected chi connectivity index (χ2v) is 16.8. The zero-order chi connectivity index (χ0) is 40.3. The van der Waals surface area contributed by atoms with Crippen LogP contribution in [0.4, 0.5) is 0 Å². The van der Waals surface area contributed by atoms with Gasteiger partial charge in [0.05, 0.1) is 42.0 Å². The third-order valence-corrected chi connectivity index (χ3v) is 12.0. The Hall–Kier alpha value is -1.75. The molecule has 0 aromatic heterocycles. The molecule has 0 amide bonds. The van der Waals surface area contributed by atoms with Crippen LogP contribution in [0.25, 0.3) is 0 Å². The van der Waals surface area contributed by atoms with E-state index >= 15 is 0 Å².